The lowest BCUT2D eigenvalue weighted by atomic mass is 9.83. The second kappa shape index (κ2) is 5.70. The average Bonchev–Trinajstić information content (AvgIpc) is 2.88. The summed E-state index contributed by atoms with van der Waals surface area (Å²) in [6.45, 7) is 6.16. The fourth-order valence-electron chi connectivity index (χ4n) is 3.53. The summed E-state index contributed by atoms with van der Waals surface area (Å²) in [5.41, 5.74) is 5.33. The fraction of sp³-hybridized carbons (Fsp3) is 0.529. The van der Waals surface area contributed by atoms with Gasteiger partial charge in [0, 0.05) is 11.6 Å². The molecule has 1 aliphatic heterocycles. The van der Waals surface area contributed by atoms with Gasteiger partial charge >= 0.3 is 0 Å². The van der Waals surface area contributed by atoms with Crippen molar-refractivity contribution in [2.75, 3.05) is 0 Å². The van der Waals surface area contributed by atoms with Gasteiger partial charge in [0.2, 0.25) is 0 Å². The van der Waals surface area contributed by atoms with E-state index in [-0.39, 0.29) is 12.0 Å². The number of nitrogens with one attached hydrogen (secondary N) is 1. The number of hydrogen-bond acceptors (Lipinski definition) is 3. The van der Waals surface area contributed by atoms with Gasteiger partial charge in [-0.1, -0.05) is 37.6 Å². The van der Waals surface area contributed by atoms with Gasteiger partial charge < -0.3 is 5.43 Å². The molecule has 120 valence electrons. The van der Waals surface area contributed by atoms with Crippen LogP contribution >= 0.6 is 0 Å². The van der Waals surface area contributed by atoms with Crippen molar-refractivity contribution < 1.29 is 8.42 Å². The van der Waals surface area contributed by atoms with Crippen LogP contribution in [0.3, 0.4) is 0 Å². The van der Waals surface area contributed by atoms with Crippen LogP contribution in [0.1, 0.15) is 38.7 Å². The SMILES string of the molecule is Cc1ccc(S(=O)(=O)N2NC3=CCCC[C@@H]3[C@H]2C(C)C)cc1. The summed E-state index contributed by atoms with van der Waals surface area (Å²) >= 11 is 0. The fourth-order valence-corrected chi connectivity index (χ4v) is 5.17. The van der Waals surface area contributed by atoms with Crippen LogP contribution in [0.2, 0.25) is 0 Å². The second-order valence-corrected chi connectivity index (χ2v) is 8.47. The molecular formula is C17H24N2O2S. The van der Waals surface area contributed by atoms with Crippen molar-refractivity contribution in [3.8, 4) is 0 Å². The van der Waals surface area contributed by atoms with Gasteiger partial charge in [0.15, 0.2) is 0 Å². The number of sulfonamides is 1. The minimum Gasteiger partial charge on any atom is -0.309 e. The zero-order valence-corrected chi connectivity index (χ0v) is 14.2. The number of rotatable bonds is 3. The highest BCUT2D eigenvalue weighted by Crippen LogP contribution is 2.39. The lowest BCUT2D eigenvalue weighted by molar-refractivity contribution is 0.230. The Kier molecular flexibility index (Phi) is 4.03. The highest BCUT2D eigenvalue weighted by molar-refractivity contribution is 7.89. The molecule has 1 N–H and O–H groups in total. The van der Waals surface area contributed by atoms with Gasteiger partial charge in [-0.15, -0.1) is 4.41 Å². The molecule has 0 saturated carbocycles. The first kappa shape index (κ1) is 15.6. The maximum atomic E-state index is 13.0. The molecule has 0 bridgehead atoms. The van der Waals surface area contributed by atoms with E-state index >= 15 is 0 Å². The Labute approximate surface area is 133 Å². The normalized spacial score (nSPS) is 25.7. The summed E-state index contributed by atoms with van der Waals surface area (Å²) in [5, 5.41) is 0. The quantitative estimate of drug-likeness (QED) is 0.930. The number of benzene rings is 1. The van der Waals surface area contributed by atoms with Gasteiger partial charge in [0.05, 0.1) is 10.9 Å². The van der Waals surface area contributed by atoms with E-state index in [0.717, 1.165) is 30.5 Å². The molecule has 0 aromatic heterocycles. The molecule has 1 aliphatic carbocycles. The molecule has 2 aliphatic rings. The van der Waals surface area contributed by atoms with Crippen molar-refractivity contribution in [2.45, 2.75) is 51.0 Å². The Balaban J connectivity index is 2.00. The lowest BCUT2D eigenvalue weighted by Crippen LogP contribution is -2.45. The van der Waals surface area contributed by atoms with E-state index in [1.807, 2.05) is 19.1 Å². The Morgan fingerprint density at radius 2 is 1.91 bits per heavy atom. The minimum atomic E-state index is -3.53. The molecule has 22 heavy (non-hydrogen) atoms. The largest absolute Gasteiger partial charge is 0.309 e. The van der Waals surface area contributed by atoms with Crippen LogP contribution in [0.4, 0.5) is 0 Å². The van der Waals surface area contributed by atoms with Crippen LogP contribution < -0.4 is 5.43 Å². The van der Waals surface area contributed by atoms with E-state index in [2.05, 4.69) is 25.3 Å². The monoisotopic (exact) mass is 320 g/mol. The number of hydrazine groups is 1. The molecular weight excluding hydrogens is 296 g/mol. The Morgan fingerprint density at radius 3 is 2.55 bits per heavy atom. The molecule has 1 aromatic rings. The van der Waals surface area contributed by atoms with E-state index in [9.17, 15) is 8.42 Å². The summed E-state index contributed by atoms with van der Waals surface area (Å²) < 4.78 is 27.6. The number of fused-ring (bicyclic) bond motifs is 1. The van der Waals surface area contributed by atoms with Gasteiger partial charge in [-0.25, -0.2) is 8.42 Å². The maximum Gasteiger partial charge on any atom is 0.260 e. The third-order valence-corrected chi connectivity index (χ3v) is 6.39. The first-order valence-corrected chi connectivity index (χ1v) is 9.43. The van der Waals surface area contributed by atoms with Crippen molar-refractivity contribution in [3.05, 3.63) is 41.6 Å². The first-order chi connectivity index (χ1) is 10.4. The molecule has 1 heterocycles. The maximum absolute atomic E-state index is 13.0. The van der Waals surface area contributed by atoms with Crippen LogP contribution in [-0.2, 0) is 10.0 Å². The molecule has 0 amide bonds. The number of allylic oxidation sites excluding steroid dienone is 1. The molecule has 1 aromatic carbocycles. The highest BCUT2D eigenvalue weighted by atomic mass is 32.2. The van der Waals surface area contributed by atoms with Crippen LogP contribution in [0.5, 0.6) is 0 Å². The first-order valence-electron chi connectivity index (χ1n) is 7.99. The molecule has 0 spiro atoms. The number of hydrogen-bond donors (Lipinski definition) is 1. The lowest BCUT2D eigenvalue weighted by Gasteiger charge is -2.29. The Morgan fingerprint density at radius 1 is 1.23 bits per heavy atom. The molecule has 2 atom stereocenters. The third kappa shape index (κ3) is 2.57. The summed E-state index contributed by atoms with van der Waals surface area (Å²) in [5.74, 6) is 0.565. The van der Waals surface area contributed by atoms with Gasteiger partial charge in [-0.05, 0) is 44.2 Å². The Hall–Kier alpha value is -1.33. The summed E-state index contributed by atoms with van der Waals surface area (Å²) in [7, 11) is -3.53. The standard InChI is InChI=1S/C17H24N2O2S/c1-12(2)17-15-6-4-5-7-16(15)18-19(17)22(20,21)14-10-8-13(3)9-11-14/h7-12,15,17-18H,4-6H2,1-3H3/t15-,17+/m0/s1. The molecule has 5 heteroatoms. The highest BCUT2D eigenvalue weighted by Gasteiger charge is 2.46. The molecule has 1 fully saturated rings. The van der Waals surface area contributed by atoms with Gasteiger partial charge in [-0.3, -0.25) is 0 Å². The predicted molar refractivity (Wildman–Crippen MR) is 87.4 cm³/mol. The van der Waals surface area contributed by atoms with E-state index in [1.54, 1.807) is 12.1 Å². The van der Waals surface area contributed by atoms with E-state index in [1.165, 1.54) is 4.41 Å². The topological polar surface area (TPSA) is 49.4 Å². The average molecular weight is 320 g/mol. The predicted octanol–water partition coefficient (Wildman–Crippen LogP) is 3.21. The van der Waals surface area contributed by atoms with Crippen LogP contribution in [0.15, 0.2) is 40.9 Å². The van der Waals surface area contributed by atoms with Gasteiger partial charge in [0.25, 0.3) is 10.0 Å². The smallest absolute Gasteiger partial charge is 0.260 e. The Bertz CT molecular complexity index is 677. The van der Waals surface area contributed by atoms with Crippen molar-refractivity contribution >= 4 is 10.0 Å². The number of aryl methyl sites for hydroxylation is 1. The zero-order valence-electron chi connectivity index (χ0n) is 13.4. The van der Waals surface area contributed by atoms with Crippen molar-refractivity contribution in [3.63, 3.8) is 0 Å². The van der Waals surface area contributed by atoms with Gasteiger partial charge in [-0.2, -0.15) is 0 Å². The molecule has 4 nitrogen and oxygen atoms in total. The van der Waals surface area contributed by atoms with E-state index in [4.69, 9.17) is 0 Å². The van der Waals surface area contributed by atoms with E-state index in [0.29, 0.717) is 10.8 Å². The second-order valence-electron chi connectivity index (χ2n) is 6.66. The third-order valence-electron chi connectivity index (χ3n) is 4.67. The summed E-state index contributed by atoms with van der Waals surface area (Å²) in [4.78, 5) is 0.357. The van der Waals surface area contributed by atoms with Crippen LogP contribution in [0, 0.1) is 18.8 Å². The summed E-state index contributed by atoms with van der Waals surface area (Å²) in [6, 6.07) is 7.07. The van der Waals surface area contributed by atoms with Crippen molar-refractivity contribution in [2.24, 2.45) is 11.8 Å². The van der Waals surface area contributed by atoms with Crippen LogP contribution in [0.25, 0.3) is 0 Å². The van der Waals surface area contributed by atoms with Gasteiger partial charge in [0.1, 0.15) is 0 Å². The van der Waals surface area contributed by atoms with E-state index < -0.39 is 10.0 Å². The molecule has 1 saturated heterocycles. The van der Waals surface area contributed by atoms with Crippen LogP contribution in [-0.4, -0.2) is 18.9 Å². The summed E-state index contributed by atoms with van der Waals surface area (Å²) in [6.07, 6.45) is 5.38. The molecule has 0 unspecified atom stereocenters. The minimum absolute atomic E-state index is 0.0159. The van der Waals surface area contributed by atoms with Crippen molar-refractivity contribution in [1.82, 2.24) is 9.84 Å². The molecule has 3 rings (SSSR count). The molecule has 0 radical (unpaired) electrons. The van der Waals surface area contributed by atoms with Crippen molar-refractivity contribution in [1.29, 1.82) is 0 Å². The number of nitrogens with zero attached hydrogens (tertiary/aromatic N) is 1. The zero-order chi connectivity index (χ0) is 15.9.